The van der Waals surface area contributed by atoms with Crippen molar-refractivity contribution in [2.45, 2.75) is 46.1 Å². The van der Waals surface area contributed by atoms with E-state index in [1.165, 1.54) is 0 Å². The molecule has 1 rings (SSSR count). The Morgan fingerprint density at radius 1 is 1.56 bits per heavy atom. The predicted molar refractivity (Wildman–Crippen MR) is 65.9 cm³/mol. The quantitative estimate of drug-likeness (QED) is 0.558. The third kappa shape index (κ3) is 3.53. The predicted octanol–water partition coefficient (Wildman–Crippen LogP) is 1.29. The Hall–Kier alpha value is -1.01. The van der Waals surface area contributed by atoms with Crippen LogP contribution in [-0.4, -0.2) is 25.0 Å². The Morgan fingerprint density at radius 3 is 2.94 bits per heavy atom. The number of nitrogens with one attached hydrogen (secondary N) is 2. The van der Waals surface area contributed by atoms with Crippen LogP contribution in [0.1, 0.15) is 40.0 Å². The van der Waals surface area contributed by atoms with Crippen LogP contribution in [0.15, 0.2) is 0 Å². The van der Waals surface area contributed by atoms with Crippen molar-refractivity contribution in [1.29, 1.82) is 0 Å². The molecule has 0 spiro atoms. The summed E-state index contributed by atoms with van der Waals surface area (Å²) in [6.07, 6.45) is 2.99. The molecule has 0 aromatic carbocycles. The lowest BCUT2D eigenvalue weighted by Crippen LogP contribution is -2.55. The van der Waals surface area contributed by atoms with E-state index in [0.29, 0.717) is 6.54 Å². The molecule has 1 aliphatic heterocycles. The molecule has 0 aromatic heterocycles. The Bertz CT molecular complexity index is 299. The van der Waals surface area contributed by atoms with Crippen molar-refractivity contribution in [3.63, 3.8) is 0 Å². The van der Waals surface area contributed by atoms with Gasteiger partial charge in [0.25, 0.3) is 0 Å². The number of rotatable bonds is 3. The normalized spacial score (nSPS) is 23.1. The molecule has 0 aromatic rings. The summed E-state index contributed by atoms with van der Waals surface area (Å²) < 4.78 is 0. The Morgan fingerprint density at radius 2 is 2.31 bits per heavy atom. The fraction of sp³-hybridized carbons (Fsp3) is 0.769. The van der Waals surface area contributed by atoms with Crippen LogP contribution >= 0.6 is 0 Å². The molecule has 0 saturated carbocycles. The van der Waals surface area contributed by atoms with Crippen LogP contribution < -0.4 is 10.6 Å². The van der Waals surface area contributed by atoms with Gasteiger partial charge in [-0.1, -0.05) is 13.8 Å². The summed E-state index contributed by atoms with van der Waals surface area (Å²) in [5, 5.41) is 6.24. The molecule has 90 valence electrons. The molecule has 1 saturated heterocycles. The van der Waals surface area contributed by atoms with Gasteiger partial charge in [0, 0.05) is 13.0 Å². The Kier molecular flexibility index (Phi) is 4.82. The topological polar surface area (TPSA) is 41.1 Å². The zero-order chi connectivity index (χ0) is 12.0. The summed E-state index contributed by atoms with van der Waals surface area (Å²) in [6.45, 7) is 7.70. The van der Waals surface area contributed by atoms with E-state index in [-0.39, 0.29) is 17.4 Å². The highest BCUT2D eigenvalue weighted by atomic mass is 16.2. The van der Waals surface area contributed by atoms with E-state index in [0.717, 1.165) is 25.8 Å². The second-order valence-electron chi connectivity index (χ2n) is 4.95. The van der Waals surface area contributed by atoms with Gasteiger partial charge in [-0.25, -0.2) is 0 Å². The zero-order valence-corrected chi connectivity index (χ0v) is 10.5. The van der Waals surface area contributed by atoms with Crippen molar-refractivity contribution in [1.82, 2.24) is 10.6 Å². The zero-order valence-electron chi connectivity index (χ0n) is 10.5. The van der Waals surface area contributed by atoms with E-state index in [1.807, 2.05) is 6.92 Å². The van der Waals surface area contributed by atoms with Gasteiger partial charge in [-0.2, -0.15) is 0 Å². The van der Waals surface area contributed by atoms with Crippen LogP contribution in [0.3, 0.4) is 0 Å². The number of hydrogen-bond donors (Lipinski definition) is 2. The first-order valence-corrected chi connectivity index (χ1v) is 5.98. The van der Waals surface area contributed by atoms with Crippen LogP contribution in [0.4, 0.5) is 0 Å². The minimum Gasteiger partial charge on any atom is -0.354 e. The Labute approximate surface area is 98.4 Å². The molecule has 1 atom stereocenters. The lowest BCUT2D eigenvalue weighted by molar-refractivity contribution is -0.126. The molecule has 1 fully saturated rings. The van der Waals surface area contributed by atoms with Crippen LogP contribution in [0.2, 0.25) is 0 Å². The van der Waals surface area contributed by atoms with Crippen LogP contribution in [0, 0.1) is 17.3 Å². The van der Waals surface area contributed by atoms with Gasteiger partial charge in [0.05, 0.1) is 6.04 Å². The number of carbonyl (C=O) groups excluding carboxylic acids is 1. The molecule has 3 heteroatoms. The fourth-order valence-corrected chi connectivity index (χ4v) is 2.13. The third-order valence-corrected chi connectivity index (χ3v) is 3.12. The maximum Gasteiger partial charge on any atom is 0.237 e. The largest absolute Gasteiger partial charge is 0.354 e. The van der Waals surface area contributed by atoms with Gasteiger partial charge in [0.1, 0.15) is 0 Å². The molecular weight excluding hydrogens is 200 g/mol. The molecule has 2 N–H and O–H groups in total. The smallest absolute Gasteiger partial charge is 0.237 e. The number of amides is 1. The minimum atomic E-state index is -0.0594. The minimum absolute atomic E-state index is 0.0543. The van der Waals surface area contributed by atoms with Crippen molar-refractivity contribution >= 4 is 5.91 Å². The van der Waals surface area contributed by atoms with Crippen molar-refractivity contribution in [2.24, 2.45) is 5.41 Å². The van der Waals surface area contributed by atoms with E-state index >= 15 is 0 Å². The number of hydrogen-bond acceptors (Lipinski definition) is 2. The van der Waals surface area contributed by atoms with Crippen molar-refractivity contribution in [2.75, 3.05) is 13.1 Å². The number of piperidine rings is 1. The molecule has 1 amide bonds. The summed E-state index contributed by atoms with van der Waals surface area (Å²) in [5.41, 5.74) is 0.0543. The average molecular weight is 222 g/mol. The van der Waals surface area contributed by atoms with Crippen molar-refractivity contribution in [3.05, 3.63) is 0 Å². The molecule has 3 nitrogen and oxygen atoms in total. The van der Waals surface area contributed by atoms with Crippen molar-refractivity contribution in [3.8, 4) is 11.8 Å². The number of carbonyl (C=O) groups is 1. The van der Waals surface area contributed by atoms with E-state index in [1.54, 1.807) is 0 Å². The molecular formula is C13H22N2O. The molecule has 16 heavy (non-hydrogen) atoms. The maximum atomic E-state index is 12.0. The van der Waals surface area contributed by atoms with Gasteiger partial charge in [0.2, 0.25) is 5.91 Å². The van der Waals surface area contributed by atoms with Crippen LogP contribution in [-0.2, 0) is 4.79 Å². The average Bonchev–Trinajstić information content (AvgIpc) is 2.23. The highest BCUT2D eigenvalue weighted by molar-refractivity contribution is 5.82. The molecule has 1 unspecified atom stereocenters. The standard InChI is InChI=1S/C13H22N2O/c1-4-5-6-9-15-12(16)11-13(2,3)8-7-10-14-11/h11,14H,6-10H2,1-3H3,(H,15,16). The molecule has 1 heterocycles. The summed E-state index contributed by atoms with van der Waals surface area (Å²) >= 11 is 0. The van der Waals surface area contributed by atoms with Gasteiger partial charge in [0.15, 0.2) is 0 Å². The second-order valence-corrected chi connectivity index (χ2v) is 4.95. The van der Waals surface area contributed by atoms with E-state index < -0.39 is 0 Å². The molecule has 0 aliphatic carbocycles. The van der Waals surface area contributed by atoms with E-state index in [4.69, 9.17) is 0 Å². The monoisotopic (exact) mass is 222 g/mol. The summed E-state index contributed by atoms with van der Waals surface area (Å²) in [6, 6.07) is -0.0594. The Balaban J connectivity index is 2.41. The van der Waals surface area contributed by atoms with Gasteiger partial charge >= 0.3 is 0 Å². The highest BCUT2D eigenvalue weighted by Gasteiger charge is 2.36. The fourth-order valence-electron chi connectivity index (χ4n) is 2.13. The first-order valence-electron chi connectivity index (χ1n) is 5.98. The second kappa shape index (κ2) is 5.91. The SMILES string of the molecule is CC#CCCNC(=O)C1NCCCC1(C)C. The van der Waals surface area contributed by atoms with Crippen molar-refractivity contribution < 1.29 is 4.79 Å². The van der Waals surface area contributed by atoms with E-state index in [9.17, 15) is 4.79 Å². The van der Waals surface area contributed by atoms with E-state index in [2.05, 4.69) is 36.3 Å². The van der Waals surface area contributed by atoms with Crippen LogP contribution in [0.25, 0.3) is 0 Å². The first-order chi connectivity index (χ1) is 7.58. The van der Waals surface area contributed by atoms with Crippen LogP contribution in [0.5, 0.6) is 0 Å². The molecule has 0 radical (unpaired) electrons. The highest BCUT2D eigenvalue weighted by Crippen LogP contribution is 2.29. The van der Waals surface area contributed by atoms with Gasteiger partial charge < -0.3 is 10.6 Å². The molecule has 0 bridgehead atoms. The van der Waals surface area contributed by atoms with Gasteiger partial charge in [-0.15, -0.1) is 11.8 Å². The summed E-state index contributed by atoms with van der Waals surface area (Å²) in [7, 11) is 0. The summed E-state index contributed by atoms with van der Waals surface area (Å²) in [4.78, 5) is 12.0. The molecule has 1 aliphatic rings. The van der Waals surface area contributed by atoms with Gasteiger partial charge in [-0.3, -0.25) is 4.79 Å². The maximum absolute atomic E-state index is 12.0. The summed E-state index contributed by atoms with van der Waals surface area (Å²) in [5.74, 6) is 5.88. The van der Waals surface area contributed by atoms with Gasteiger partial charge in [-0.05, 0) is 31.7 Å². The third-order valence-electron chi connectivity index (χ3n) is 3.12. The lowest BCUT2D eigenvalue weighted by atomic mass is 9.77. The first kappa shape index (κ1) is 13.1. The lowest BCUT2D eigenvalue weighted by Gasteiger charge is -2.38.